The summed E-state index contributed by atoms with van der Waals surface area (Å²) in [4.78, 5) is 4.71. The van der Waals surface area contributed by atoms with Crippen LogP contribution in [-0.4, -0.2) is 61.2 Å². The quantitative estimate of drug-likeness (QED) is 0.333. The number of hydrogen-bond donors (Lipinski definition) is 3. The number of thiazole rings is 1. The highest BCUT2D eigenvalue weighted by molar-refractivity contribution is 7.89. The van der Waals surface area contributed by atoms with Gasteiger partial charge in [-0.1, -0.05) is 37.3 Å². The summed E-state index contributed by atoms with van der Waals surface area (Å²) in [7, 11) is -2.27. The van der Waals surface area contributed by atoms with Crippen LogP contribution in [0.4, 0.5) is 5.13 Å². The summed E-state index contributed by atoms with van der Waals surface area (Å²) in [6, 6.07) is 12.0. The van der Waals surface area contributed by atoms with Crippen molar-refractivity contribution in [1.29, 1.82) is 0 Å². The standard InChI is InChI=1S/C25H36N4O4S2/c1-16(2)14-29(15-23(30)21(26)12-18-7-6-8-19(11-18)33-5)35(31,32)20-9-10-22-24(13-20)34-25(28-22)27-17(3)4/h6-11,13,16-17,21,23,30H,12,14-15,26H2,1-5H3,(H,27,28)/t21-,23+/m0/s1. The van der Waals surface area contributed by atoms with Crippen LogP contribution in [0.2, 0.25) is 0 Å². The van der Waals surface area contributed by atoms with Crippen LogP contribution in [0.15, 0.2) is 47.4 Å². The predicted octanol–water partition coefficient (Wildman–Crippen LogP) is 3.70. The molecule has 0 aliphatic heterocycles. The summed E-state index contributed by atoms with van der Waals surface area (Å²) in [6.07, 6.45) is -0.643. The third-order valence-corrected chi connectivity index (χ3v) is 8.25. The van der Waals surface area contributed by atoms with Crippen LogP contribution in [0.3, 0.4) is 0 Å². The minimum absolute atomic E-state index is 0.0700. The Labute approximate surface area is 212 Å². The van der Waals surface area contributed by atoms with E-state index >= 15 is 0 Å². The van der Waals surface area contributed by atoms with Crippen LogP contribution in [0.5, 0.6) is 5.75 Å². The highest BCUT2D eigenvalue weighted by Crippen LogP contribution is 2.30. The van der Waals surface area contributed by atoms with E-state index in [0.717, 1.165) is 20.9 Å². The number of methoxy groups -OCH3 is 1. The number of aliphatic hydroxyl groups excluding tert-OH is 1. The molecule has 0 unspecified atom stereocenters. The average molecular weight is 521 g/mol. The van der Waals surface area contributed by atoms with Gasteiger partial charge in [-0.25, -0.2) is 13.4 Å². The van der Waals surface area contributed by atoms with E-state index < -0.39 is 22.2 Å². The van der Waals surface area contributed by atoms with Crippen molar-refractivity contribution in [3.8, 4) is 5.75 Å². The third kappa shape index (κ3) is 7.14. The number of aromatic nitrogens is 1. The molecular formula is C25H36N4O4S2. The van der Waals surface area contributed by atoms with Crippen molar-refractivity contribution in [2.24, 2.45) is 11.7 Å². The van der Waals surface area contributed by atoms with Crippen LogP contribution in [-0.2, 0) is 16.4 Å². The van der Waals surface area contributed by atoms with E-state index in [-0.39, 0.29) is 29.9 Å². The first-order valence-electron chi connectivity index (χ1n) is 11.7. The summed E-state index contributed by atoms with van der Waals surface area (Å²) < 4.78 is 34.6. The molecule has 2 aromatic carbocycles. The molecule has 0 amide bonds. The Morgan fingerprint density at radius 3 is 2.54 bits per heavy atom. The number of rotatable bonds is 12. The van der Waals surface area contributed by atoms with E-state index in [1.807, 2.05) is 52.0 Å². The Kier molecular flexibility index (Phi) is 9.11. The van der Waals surface area contributed by atoms with Gasteiger partial charge in [-0.2, -0.15) is 4.31 Å². The van der Waals surface area contributed by atoms with Gasteiger partial charge in [0.15, 0.2) is 5.13 Å². The molecule has 8 nitrogen and oxygen atoms in total. The third-order valence-electron chi connectivity index (χ3n) is 5.47. The lowest BCUT2D eigenvalue weighted by molar-refractivity contribution is 0.116. The monoisotopic (exact) mass is 520 g/mol. The molecule has 3 rings (SSSR count). The summed E-state index contributed by atoms with van der Waals surface area (Å²) in [5, 5.41) is 14.9. The van der Waals surface area contributed by atoms with Crippen LogP contribution in [0, 0.1) is 5.92 Å². The highest BCUT2D eigenvalue weighted by atomic mass is 32.2. The van der Waals surface area contributed by atoms with Gasteiger partial charge in [-0.05, 0) is 62.1 Å². The Hall–Kier alpha value is -2.24. The van der Waals surface area contributed by atoms with E-state index in [1.165, 1.54) is 15.6 Å². The minimum atomic E-state index is -3.86. The van der Waals surface area contributed by atoms with Gasteiger partial charge in [0, 0.05) is 25.2 Å². The van der Waals surface area contributed by atoms with Gasteiger partial charge >= 0.3 is 0 Å². The van der Waals surface area contributed by atoms with Gasteiger partial charge < -0.3 is 20.9 Å². The smallest absolute Gasteiger partial charge is 0.243 e. The fraction of sp³-hybridized carbons (Fsp3) is 0.480. The van der Waals surface area contributed by atoms with Crippen LogP contribution < -0.4 is 15.8 Å². The lowest BCUT2D eigenvalue weighted by atomic mass is 10.0. The summed E-state index contributed by atoms with van der Waals surface area (Å²) in [5.74, 6) is 0.777. The highest BCUT2D eigenvalue weighted by Gasteiger charge is 2.30. The second kappa shape index (κ2) is 11.7. The summed E-state index contributed by atoms with van der Waals surface area (Å²) in [6.45, 7) is 8.12. The number of fused-ring (bicyclic) bond motifs is 1. The SMILES string of the molecule is COc1cccc(C[C@H](N)[C@H](O)CN(CC(C)C)S(=O)(=O)c2ccc3nc(NC(C)C)sc3c2)c1. The van der Waals surface area contributed by atoms with Crippen molar-refractivity contribution >= 4 is 36.7 Å². The molecule has 0 saturated heterocycles. The fourth-order valence-electron chi connectivity index (χ4n) is 3.75. The predicted molar refractivity (Wildman–Crippen MR) is 143 cm³/mol. The number of sulfonamides is 1. The second-order valence-corrected chi connectivity index (χ2v) is 12.4. The first-order chi connectivity index (χ1) is 16.5. The normalized spacial score (nSPS) is 14.1. The van der Waals surface area contributed by atoms with Crippen LogP contribution in [0.25, 0.3) is 10.2 Å². The van der Waals surface area contributed by atoms with Crippen molar-refractivity contribution in [1.82, 2.24) is 9.29 Å². The molecule has 35 heavy (non-hydrogen) atoms. The van der Waals surface area contributed by atoms with Gasteiger partial charge in [-0.3, -0.25) is 0 Å². The molecule has 0 aliphatic rings. The van der Waals surface area contributed by atoms with Crippen molar-refractivity contribution in [2.45, 2.75) is 57.2 Å². The molecule has 0 aliphatic carbocycles. The molecule has 0 radical (unpaired) electrons. The van der Waals surface area contributed by atoms with Gasteiger partial charge in [-0.15, -0.1) is 0 Å². The number of hydrogen-bond acceptors (Lipinski definition) is 8. The number of aliphatic hydroxyl groups is 1. The minimum Gasteiger partial charge on any atom is -0.497 e. The average Bonchev–Trinajstić information content (AvgIpc) is 3.19. The Bertz CT molecular complexity index is 1230. The molecule has 4 N–H and O–H groups in total. The second-order valence-electron chi connectivity index (χ2n) is 9.45. The molecular weight excluding hydrogens is 484 g/mol. The maximum absolute atomic E-state index is 13.6. The summed E-state index contributed by atoms with van der Waals surface area (Å²) >= 11 is 1.42. The maximum Gasteiger partial charge on any atom is 0.243 e. The molecule has 1 aromatic heterocycles. The van der Waals surface area contributed by atoms with Crippen molar-refractivity contribution < 1.29 is 18.3 Å². The van der Waals surface area contributed by atoms with Crippen molar-refractivity contribution in [3.05, 3.63) is 48.0 Å². The lowest BCUT2D eigenvalue weighted by Gasteiger charge is -2.28. The van der Waals surface area contributed by atoms with E-state index in [0.29, 0.717) is 12.2 Å². The van der Waals surface area contributed by atoms with Crippen molar-refractivity contribution in [2.75, 3.05) is 25.5 Å². The molecule has 1 heterocycles. The molecule has 3 aromatic rings. The molecule has 2 atom stereocenters. The zero-order chi connectivity index (χ0) is 25.8. The Morgan fingerprint density at radius 1 is 1.14 bits per heavy atom. The maximum atomic E-state index is 13.6. The summed E-state index contributed by atoms with van der Waals surface area (Å²) in [5.41, 5.74) is 7.95. The Balaban J connectivity index is 1.81. The molecule has 0 saturated carbocycles. The topological polar surface area (TPSA) is 118 Å². The van der Waals surface area contributed by atoms with E-state index in [9.17, 15) is 13.5 Å². The van der Waals surface area contributed by atoms with Gasteiger partial charge in [0.05, 0.1) is 28.3 Å². The number of ether oxygens (including phenoxy) is 1. The van der Waals surface area contributed by atoms with Crippen LogP contribution >= 0.6 is 11.3 Å². The number of nitrogens with two attached hydrogens (primary N) is 1. The molecule has 192 valence electrons. The zero-order valence-electron chi connectivity index (χ0n) is 20.9. The van der Waals surface area contributed by atoms with E-state index in [4.69, 9.17) is 10.5 Å². The molecule has 10 heteroatoms. The van der Waals surface area contributed by atoms with E-state index in [2.05, 4.69) is 10.3 Å². The van der Waals surface area contributed by atoms with E-state index in [1.54, 1.807) is 25.3 Å². The first kappa shape index (κ1) is 27.3. The number of anilines is 1. The Morgan fingerprint density at radius 2 is 1.89 bits per heavy atom. The van der Waals surface area contributed by atoms with Gasteiger partial charge in [0.25, 0.3) is 0 Å². The van der Waals surface area contributed by atoms with Gasteiger partial charge in [0.2, 0.25) is 10.0 Å². The molecule has 0 spiro atoms. The molecule has 0 fully saturated rings. The zero-order valence-corrected chi connectivity index (χ0v) is 22.6. The van der Waals surface area contributed by atoms with Crippen molar-refractivity contribution in [3.63, 3.8) is 0 Å². The lowest BCUT2D eigenvalue weighted by Crippen LogP contribution is -2.47. The first-order valence-corrected chi connectivity index (χ1v) is 14.0. The number of nitrogens with zero attached hydrogens (tertiary/aromatic N) is 2. The molecule has 0 bridgehead atoms. The fourth-order valence-corrected chi connectivity index (χ4v) is 6.53. The number of nitrogens with one attached hydrogen (secondary N) is 1. The number of benzene rings is 2. The van der Waals surface area contributed by atoms with Gasteiger partial charge in [0.1, 0.15) is 5.75 Å². The largest absolute Gasteiger partial charge is 0.497 e. The van der Waals surface area contributed by atoms with Crippen LogP contribution in [0.1, 0.15) is 33.3 Å².